The van der Waals surface area contributed by atoms with Gasteiger partial charge in [0, 0.05) is 0 Å². The van der Waals surface area contributed by atoms with Gasteiger partial charge in [0.15, 0.2) is 0 Å². The lowest BCUT2D eigenvalue weighted by Gasteiger charge is -2.20. The first kappa shape index (κ1) is 18.4. The minimum absolute atomic E-state index is 1.24. The molecule has 0 heterocycles. The third kappa shape index (κ3) is 3.31. The molecule has 0 aliphatic heterocycles. The van der Waals surface area contributed by atoms with Crippen molar-refractivity contribution in [2.75, 3.05) is 0 Å². The van der Waals surface area contributed by atoms with Crippen LogP contribution in [0.5, 0.6) is 0 Å². The highest BCUT2D eigenvalue weighted by Crippen LogP contribution is 2.44. The molecule has 0 radical (unpaired) electrons. The Balaban J connectivity index is 1.95. The maximum Gasteiger partial charge on any atom is -0.00204 e. The zero-order chi connectivity index (χ0) is 20.5. The summed E-state index contributed by atoms with van der Waals surface area (Å²) < 4.78 is 0. The van der Waals surface area contributed by atoms with Gasteiger partial charge in [0.1, 0.15) is 0 Å². The molecule has 30 heavy (non-hydrogen) atoms. The molecule has 0 atom stereocenters. The summed E-state index contributed by atoms with van der Waals surface area (Å²) in [6.45, 7) is 4.28. The van der Waals surface area contributed by atoms with Crippen molar-refractivity contribution in [3.8, 4) is 33.4 Å². The second-order valence-electron chi connectivity index (χ2n) is 7.99. The molecule has 0 saturated carbocycles. The van der Waals surface area contributed by atoms with E-state index in [9.17, 15) is 0 Å². The lowest BCUT2D eigenvalue weighted by molar-refractivity contribution is 1.46. The van der Waals surface area contributed by atoms with Crippen molar-refractivity contribution in [3.63, 3.8) is 0 Å². The Kier molecular flexibility index (Phi) is 4.69. The maximum atomic E-state index is 2.34. The Labute approximate surface area is 178 Å². The molecule has 0 saturated heterocycles. The highest BCUT2D eigenvalue weighted by molar-refractivity contribution is 6.09. The fraction of sp³-hybridized carbons (Fsp3) is 0.0667. The highest BCUT2D eigenvalue weighted by Gasteiger charge is 2.17. The van der Waals surface area contributed by atoms with Gasteiger partial charge in [-0.15, -0.1) is 0 Å². The summed E-state index contributed by atoms with van der Waals surface area (Å²) in [5, 5.41) is 2.55. The van der Waals surface area contributed by atoms with Crippen molar-refractivity contribution in [1.82, 2.24) is 0 Å². The van der Waals surface area contributed by atoms with E-state index in [2.05, 4.69) is 123 Å². The van der Waals surface area contributed by atoms with Gasteiger partial charge in [-0.3, -0.25) is 0 Å². The van der Waals surface area contributed by atoms with Crippen LogP contribution in [0.15, 0.2) is 109 Å². The average molecular weight is 385 g/mol. The number of fused-ring (bicyclic) bond motifs is 1. The number of rotatable bonds is 3. The molecule has 0 nitrogen and oxygen atoms in total. The van der Waals surface area contributed by atoms with Gasteiger partial charge in [-0.05, 0) is 64.1 Å². The van der Waals surface area contributed by atoms with Crippen LogP contribution in [0.2, 0.25) is 0 Å². The normalized spacial score (nSPS) is 11.0. The lowest BCUT2D eigenvalue weighted by atomic mass is 9.83. The predicted octanol–water partition coefficient (Wildman–Crippen LogP) is 8.46. The summed E-state index contributed by atoms with van der Waals surface area (Å²) >= 11 is 0. The van der Waals surface area contributed by atoms with Crippen molar-refractivity contribution in [2.24, 2.45) is 0 Å². The molecule has 5 aromatic rings. The van der Waals surface area contributed by atoms with E-state index in [0.717, 1.165) is 0 Å². The first-order valence-corrected chi connectivity index (χ1v) is 10.5. The van der Waals surface area contributed by atoms with Crippen LogP contribution in [0.4, 0.5) is 0 Å². The molecule has 0 aliphatic carbocycles. The van der Waals surface area contributed by atoms with Crippen molar-refractivity contribution in [3.05, 3.63) is 120 Å². The number of aryl methyl sites for hydroxylation is 2. The second-order valence-corrected chi connectivity index (χ2v) is 7.99. The van der Waals surface area contributed by atoms with E-state index < -0.39 is 0 Å². The third-order valence-corrected chi connectivity index (χ3v) is 5.81. The predicted molar refractivity (Wildman–Crippen MR) is 130 cm³/mol. The molecule has 0 amide bonds. The number of benzene rings is 5. The Morgan fingerprint density at radius 3 is 1.60 bits per heavy atom. The van der Waals surface area contributed by atoms with Gasteiger partial charge >= 0.3 is 0 Å². The molecule has 5 rings (SSSR count). The molecule has 0 N–H and O–H groups in total. The molecule has 0 fully saturated rings. The van der Waals surface area contributed by atoms with Gasteiger partial charge in [0.25, 0.3) is 0 Å². The summed E-state index contributed by atoms with van der Waals surface area (Å²) in [5.41, 5.74) is 10.2. The Hall–Kier alpha value is -3.64. The van der Waals surface area contributed by atoms with Crippen molar-refractivity contribution in [1.29, 1.82) is 0 Å². The number of hydrogen-bond acceptors (Lipinski definition) is 0. The minimum Gasteiger partial charge on any atom is -0.0622 e. The Bertz CT molecular complexity index is 1310. The van der Waals surface area contributed by atoms with Gasteiger partial charge < -0.3 is 0 Å². The Morgan fingerprint density at radius 2 is 0.967 bits per heavy atom. The quantitative estimate of drug-likeness (QED) is 0.293. The molecule has 5 aromatic carbocycles. The molecular weight excluding hydrogens is 360 g/mol. The summed E-state index contributed by atoms with van der Waals surface area (Å²) in [4.78, 5) is 0. The van der Waals surface area contributed by atoms with Gasteiger partial charge in [-0.1, -0.05) is 114 Å². The van der Waals surface area contributed by atoms with Crippen LogP contribution in [0.3, 0.4) is 0 Å². The highest BCUT2D eigenvalue weighted by atomic mass is 14.2. The van der Waals surface area contributed by atoms with E-state index in [1.807, 2.05) is 0 Å². The molecular formula is C30H24. The fourth-order valence-electron chi connectivity index (χ4n) is 4.23. The standard InChI is InChI=1S/C30H24/c1-21-12-16-24(17-13-21)29-27-11-7-6-10-26(27)20-28(23-8-4-3-5-9-23)30(29)25-18-14-22(2)15-19-25/h3-20H,1-2H3. The van der Waals surface area contributed by atoms with Crippen molar-refractivity contribution >= 4 is 10.8 Å². The van der Waals surface area contributed by atoms with E-state index >= 15 is 0 Å². The second kappa shape index (κ2) is 7.65. The monoisotopic (exact) mass is 384 g/mol. The fourth-order valence-corrected chi connectivity index (χ4v) is 4.23. The van der Waals surface area contributed by atoms with E-state index in [4.69, 9.17) is 0 Å². The van der Waals surface area contributed by atoms with Crippen molar-refractivity contribution < 1.29 is 0 Å². The van der Waals surface area contributed by atoms with Crippen LogP contribution in [0, 0.1) is 13.8 Å². The van der Waals surface area contributed by atoms with Crippen molar-refractivity contribution in [2.45, 2.75) is 13.8 Å². The summed E-state index contributed by atoms with van der Waals surface area (Å²) in [6, 6.07) is 39.7. The van der Waals surface area contributed by atoms with Crippen LogP contribution in [-0.4, -0.2) is 0 Å². The first-order chi connectivity index (χ1) is 14.7. The largest absolute Gasteiger partial charge is 0.0622 e. The number of hydrogen-bond donors (Lipinski definition) is 0. The molecule has 144 valence electrons. The summed E-state index contributed by atoms with van der Waals surface area (Å²) in [7, 11) is 0. The van der Waals surface area contributed by atoms with Crippen LogP contribution >= 0.6 is 0 Å². The smallest absolute Gasteiger partial charge is 0.00204 e. The van der Waals surface area contributed by atoms with Gasteiger partial charge in [0.05, 0.1) is 0 Å². The SMILES string of the molecule is Cc1ccc(-c2c(-c3ccccc3)cc3ccccc3c2-c2ccc(C)cc2)cc1. The zero-order valence-electron chi connectivity index (χ0n) is 17.4. The first-order valence-electron chi connectivity index (χ1n) is 10.5. The summed E-state index contributed by atoms with van der Waals surface area (Å²) in [6.07, 6.45) is 0. The minimum atomic E-state index is 1.24. The van der Waals surface area contributed by atoms with Crippen LogP contribution in [0.1, 0.15) is 11.1 Å². The average Bonchev–Trinajstić information content (AvgIpc) is 2.80. The van der Waals surface area contributed by atoms with E-state index in [1.165, 1.54) is 55.3 Å². The van der Waals surface area contributed by atoms with Crippen LogP contribution in [0.25, 0.3) is 44.2 Å². The zero-order valence-corrected chi connectivity index (χ0v) is 17.4. The van der Waals surface area contributed by atoms with Gasteiger partial charge in [-0.25, -0.2) is 0 Å². The topological polar surface area (TPSA) is 0 Å². The molecule has 0 aromatic heterocycles. The lowest BCUT2D eigenvalue weighted by Crippen LogP contribution is -1.93. The summed E-state index contributed by atoms with van der Waals surface area (Å²) in [5.74, 6) is 0. The van der Waals surface area contributed by atoms with E-state index in [0.29, 0.717) is 0 Å². The van der Waals surface area contributed by atoms with Gasteiger partial charge in [0.2, 0.25) is 0 Å². The molecule has 0 heteroatoms. The van der Waals surface area contributed by atoms with E-state index in [-0.39, 0.29) is 0 Å². The molecule has 0 unspecified atom stereocenters. The van der Waals surface area contributed by atoms with Crippen LogP contribution in [-0.2, 0) is 0 Å². The van der Waals surface area contributed by atoms with Gasteiger partial charge in [-0.2, -0.15) is 0 Å². The molecule has 0 bridgehead atoms. The Morgan fingerprint density at radius 1 is 0.433 bits per heavy atom. The van der Waals surface area contributed by atoms with E-state index in [1.54, 1.807) is 0 Å². The molecule has 0 aliphatic rings. The van der Waals surface area contributed by atoms with Crippen LogP contribution < -0.4 is 0 Å². The third-order valence-electron chi connectivity index (χ3n) is 5.81. The maximum absolute atomic E-state index is 2.34. The molecule has 0 spiro atoms.